The molecule has 2 aromatic heterocycles. The molecule has 5 nitrogen and oxygen atoms in total. The Morgan fingerprint density at radius 1 is 1.36 bits per heavy atom. The van der Waals surface area contributed by atoms with E-state index in [9.17, 15) is 0 Å². The summed E-state index contributed by atoms with van der Waals surface area (Å²) < 4.78 is 0. The molecule has 0 saturated heterocycles. The van der Waals surface area contributed by atoms with Crippen LogP contribution in [-0.4, -0.2) is 26.5 Å². The van der Waals surface area contributed by atoms with Crippen LogP contribution in [0.3, 0.4) is 0 Å². The van der Waals surface area contributed by atoms with Gasteiger partial charge in [-0.15, -0.1) is 0 Å². The van der Waals surface area contributed by atoms with Gasteiger partial charge < -0.3 is 15.3 Å². The lowest BCUT2D eigenvalue weighted by Crippen LogP contribution is -2.17. The van der Waals surface area contributed by atoms with Crippen LogP contribution in [0, 0.1) is 0 Å². The molecule has 0 atom stereocenters. The van der Waals surface area contributed by atoms with Crippen LogP contribution in [0.4, 0.5) is 0 Å². The Morgan fingerprint density at radius 2 is 2.36 bits per heavy atom. The van der Waals surface area contributed by atoms with E-state index in [1.807, 2.05) is 12.4 Å². The molecule has 0 aliphatic carbocycles. The first-order valence-corrected chi connectivity index (χ1v) is 4.61. The molecule has 14 heavy (non-hydrogen) atoms. The first-order valence-electron chi connectivity index (χ1n) is 4.61. The third kappa shape index (κ3) is 2.43. The molecule has 3 N–H and O–H groups in total. The molecule has 0 amide bonds. The highest BCUT2D eigenvalue weighted by Gasteiger charge is 1.95. The lowest BCUT2D eigenvalue weighted by atomic mass is 10.3. The van der Waals surface area contributed by atoms with E-state index in [4.69, 9.17) is 0 Å². The van der Waals surface area contributed by atoms with Gasteiger partial charge in [-0.3, -0.25) is 0 Å². The lowest BCUT2D eigenvalue weighted by Gasteiger charge is -2.00. The van der Waals surface area contributed by atoms with E-state index in [0.29, 0.717) is 0 Å². The zero-order chi connectivity index (χ0) is 9.64. The third-order valence-electron chi connectivity index (χ3n) is 1.97. The molecule has 5 heteroatoms. The summed E-state index contributed by atoms with van der Waals surface area (Å²) in [6.45, 7) is 1.70. The minimum Gasteiger partial charge on any atom is -0.348 e. The Bertz CT molecular complexity index is 301. The van der Waals surface area contributed by atoms with Crippen molar-refractivity contribution in [2.75, 3.05) is 6.54 Å². The molecular weight excluding hydrogens is 178 g/mol. The van der Waals surface area contributed by atoms with Crippen molar-refractivity contribution in [2.24, 2.45) is 0 Å². The number of hydrogen-bond donors (Lipinski definition) is 3. The second-order valence-electron chi connectivity index (χ2n) is 3.04. The van der Waals surface area contributed by atoms with Crippen LogP contribution in [0.25, 0.3) is 0 Å². The van der Waals surface area contributed by atoms with Gasteiger partial charge in [0.05, 0.1) is 12.9 Å². The molecule has 0 saturated carbocycles. The molecule has 0 aliphatic heterocycles. The fraction of sp³-hybridized carbons (Fsp3) is 0.333. The molecule has 74 valence electrons. The van der Waals surface area contributed by atoms with E-state index >= 15 is 0 Å². The molecule has 0 aromatic carbocycles. The van der Waals surface area contributed by atoms with Gasteiger partial charge in [-0.2, -0.15) is 0 Å². The average molecular weight is 191 g/mol. The highest BCUT2D eigenvalue weighted by Crippen LogP contribution is 1.91. The van der Waals surface area contributed by atoms with Gasteiger partial charge in [-0.1, -0.05) is 0 Å². The van der Waals surface area contributed by atoms with Crippen LogP contribution in [-0.2, 0) is 13.0 Å². The molecule has 2 aromatic rings. The van der Waals surface area contributed by atoms with E-state index in [1.165, 1.54) is 0 Å². The maximum atomic E-state index is 4.11. The largest absolute Gasteiger partial charge is 0.348 e. The molecular formula is C9H13N5. The van der Waals surface area contributed by atoms with Crippen molar-refractivity contribution in [3.8, 4) is 0 Å². The van der Waals surface area contributed by atoms with E-state index in [0.717, 1.165) is 31.0 Å². The quantitative estimate of drug-likeness (QED) is 0.601. The van der Waals surface area contributed by atoms with Crippen molar-refractivity contribution in [3.63, 3.8) is 0 Å². The van der Waals surface area contributed by atoms with Gasteiger partial charge in [0.25, 0.3) is 0 Å². The first-order chi connectivity index (χ1) is 6.95. The van der Waals surface area contributed by atoms with Gasteiger partial charge in [-0.05, 0) is 0 Å². The van der Waals surface area contributed by atoms with Crippen LogP contribution in [0.2, 0.25) is 0 Å². The maximum absolute atomic E-state index is 4.11. The van der Waals surface area contributed by atoms with Crippen LogP contribution in [0.5, 0.6) is 0 Å². The Hall–Kier alpha value is -1.62. The zero-order valence-corrected chi connectivity index (χ0v) is 7.83. The summed E-state index contributed by atoms with van der Waals surface area (Å²) in [5.74, 6) is 0.967. The van der Waals surface area contributed by atoms with Gasteiger partial charge in [0.1, 0.15) is 5.82 Å². The van der Waals surface area contributed by atoms with Crippen LogP contribution in [0.1, 0.15) is 11.5 Å². The Balaban J connectivity index is 1.65. The smallest absolute Gasteiger partial charge is 0.120 e. The van der Waals surface area contributed by atoms with Crippen LogP contribution >= 0.6 is 0 Å². The summed E-state index contributed by atoms with van der Waals surface area (Å²) in [7, 11) is 0. The molecule has 2 heterocycles. The first kappa shape index (κ1) is 8.96. The van der Waals surface area contributed by atoms with E-state index in [2.05, 4.69) is 25.3 Å². The summed E-state index contributed by atoms with van der Waals surface area (Å²) >= 11 is 0. The monoisotopic (exact) mass is 191 g/mol. The fourth-order valence-corrected chi connectivity index (χ4v) is 1.25. The van der Waals surface area contributed by atoms with Gasteiger partial charge in [-0.25, -0.2) is 9.97 Å². The normalized spacial score (nSPS) is 10.6. The lowest BCUT2D eigenvalue weighted by molar-refractivity contribution is 0.660. The van der Waals surface area contributed by atoms with Gasteiger partial charge in [0.15, 0.2) is 0 Å². The van der Waals surface area contributed by atoms with Gasteiger partial charge >= 0.3 is 0 Å². The van der Waals surface area contributed by atoms with E-state index in [1.54, 1.807) is 12.5 Å². The molecule has 0 fully saturated rings. The average Bonchev–Trinajstić information content (AvgIpc) is 2.86. The van der Waals surface area contributed by atoms with Gasteiger partial charge in [0.2, 0.25) is 0 Å². The Labute approximate surface area is 82.0 Å². The molecule has 0 radical (unpaired) electrons. The minimum absolute atomic E-state index is 0.779. The molecule has 0 aliphatic rings. The van der Waals surface area contributed by atoms with Crippen molar-refractivity contribution < 1.29 is 0 Å². The van der Waals surface area contributed by atoms with E-state index in [-0.39, 0.29) is 0 Å². The Kier molecular flexibility index (Phi) is 2.92. The van der Waals surface area contributed by atoms with Crippen molar-refractivity contribution in [1.29, 1.82) is 0 Å². The SMILES string of the molecule is c1c[nH]c(CNCCc2cnc[nH]2)n1. The second-order valence-corrected chi connectivity index (χ2v) is 3.04. The summed E-state index contributed by atoms with van der Waals surface area (Å²) in [6.07, 6.45) is 8.08. The summed E-state index contributed by atoms with van der Waals surface area (Å²) in [4.78, 5) is 14.2. The van der Waals surface area contributed by atoms with Crippen molar-refractivity contribution in [2.45, 2.75) is 13.0 Å². The van der Waals surface area contributed by atoms with E-state index < -0.39 is 0 Å². The van der Waals surface area contributed by atoms with Crippen LogP contribution < -0.4 is 5.32 Å². The summed E-state index contributed by atoms with van der Waals surface area (Å²) in [6, 6.07) is 0. The number of aromatic nitrogens is 4. The summed E-state index contributed by atoms with van der Waals surface area (Å²) in [5, 5.41) is 3.28. The predicted molar refractivity (Wildman–Crippen MR) is 52.6 cm³/mol. The van der Waals surface area contributed by atoms with Crippen molar-refractivity contribution in [3.05, 3.63) is 36.4 Å². The highest BCUT2D eigenvalue weighted by molar-refractivity contribution is 4.94. The number of nitrogens with zero attached hydrogens (tertiary/aromatic N) is 2. The van der Waals surface area contributed by atoms with Crippen molar-refractivity contribution in [1.82, 2.24) is 25.3 Å². The second kappa shape index (κ2) is 4.57. The summed E-state index contributed by atoms with van der Waals surface area (Å²) in [5.41, 5.74) is 1.15. The number of hydrogen-bond acceptors (Lipinski definition) is 3. The number of H-pyrrole nitrogens is 2. The Morgan fingerprint density at radius 3 is 3.07 bits per heavy atom. The number of nitrogens with one attached hydrogen (secondary N) is 3. The number of imidazole rings is 2. The minimum atomic E-state index is 0.779. The number of rotatable bonds is 5. The fourth-order valence-electron chi connectivity index (χ4n) is 1.25. The van der Waals surface area contributed by atoms with Crippen molar-refractivity contribution >= 4 is 0 Å². The zero-order valence-electron chi connectivity index (χ0n) is 7.83. The maximum Gasteiger partial charge on any atom is 0.120 e. The van der Waals surface area contributed by atoms with Crippen LogP contribution in [0.15, 0.2) is 24.9 Å². The topological polar surface area (TPSA) is 69.4 Å². The standard InChI is InChI=1S/C9H13N5/c1(8-5-11-7-14-8)2-10-6-9-12-3-4-13-9/h3-5,7,10H,1-2,6H2,(H,11,14)(H,12,13). The molecule has 0 unspecified atom stereocenters. The number of aromatic amines is 2. The third-order valence-corrected chi connectivity index (χ3v) is 1.97. The predicted octanol–water partition coefficient (Wildman–Crippen LogP) is 0.465. The molecule has 2 rings (SSSR count). The van der Waals surface area contributed by atoms with Gasteiger partial charge in [0, 0.05) is 37.3 Å². The molecule has 0 spiro atoms. The highest BCUT2D eigenvalue weighted by atomic mass is 15.0. The molecule has 0 bridgehead atoms.